The lowest BCUT2D eigenvalue weighted by molar-refractivity contribution is -0.131. The van der Waals surface area contributed by atoms with Crippen LogP contribution in [-0.2, 0) is 9.47 Å². The number of hydrogen-bond acceptors (Lipinski definition) is 4. The first kappa shape index (κ1) is 16.4. The molecule has 6 heteroatoms. The molecule has 20 heavy (non-hydrogen) atoms. The molecule has 0 spiro atoms. The molecule has 1 aromatic rings. The van der Waals surface area contributed by atoms with E-state index in [0.29, 0.717) is 13.2 Å². The lowest BCUT2D eigenvalue weighted by Gasteiger charge is -2.18. The number of methoxy groups -OCH3 is 1. The average molecular weight is 285 g/mol. The molecule has 0 aromatic heterocycles. The van der Waals surface area contributed by atoms with Crippen LogP contribution in [0.1, 0.15) is 24.2 Å². The van der Waals surface area contributed by atoms with E-state index in [-0.39, 0.29) is 17.9 Å². The van der Waals surface area contributed by atoms with Crippen molar-refractivity contribution in [1.82, 2.24) is 5.32 Å². The van der Waals surface area contributed by atoms with Gasteiger partial charge in [0.2, 0.25) is 0 Å². The van der Waals surface area contributed by atoms with Gasteiger partial charge in [-0.2, -0.15) is 0 Å². The lowest BCUT2D eigenvalue weighted by Crippen LogP contribution is -2.36. The predicted octanol–water partition coefficient (Wildman–Crippen LogP) is 1.96. The van der Waals surface area contributed by atoms with Gasteiger partial charge >= 0.3 is 0 Å². The van der Waals surface area contributed by atoms with Gasteiger partial charge in [0.1, 0.15) is 17.1 Å². The highest BCUT2D eigenvalue weighted by Crippen LogP contribution is 2.20. The van der Waals surface area contributed by atoms with Crippen LogP contribution in [0, 0.1) is 5.82 Å². The van der Waals surface area contributed by atoms with Crippen LogP contribution in [0.3, 0.4) is 0 Å². The van der Waals surface area contributed by atoms with Gasteiger partial charge in [0.15, 0.2) is 6.29 Å². The third kappa shape index (κ3) is 4.47. The SMILES string of the molecule is CCOC(CNC(=O)c1c(F)cccc1OC)OCC. The maximum atomic E-state index is 13.7. The molecule has 0 unspecified atom stereocenters. The van der Waals surface area contributed by atoms with Crippen molar-refractivity contribution < 1.29 is 23.4 Å². The zero-order chi connectivity index (χ0) is 15.0. The summed E-state index contributed by atoms with van der Waals surface area (Å²) < 4.78 is 29.3. The molecule has 0 bridgehead atoms. The maximum absolute atomic E-state index is 13.7. The second-order valence-electron chi connectivity index (χ2n) is 3.87. The second kappa shape index (κ2) is 8.50. The van der Waals surface area contributed by atoms with E-state index < -0.39 is 18.0 Å². The molecule has 1 aromatic carbocycles. The van der Waals surface area contributed by atoms with Crippen LogP contribution >= 0.6 is 0 Å². The first-order chi connectivity index (χ1) is 9.63. The molecule has 1 rings (SSSR count). The summed E-state index contributed by atoms with van der Waals surface area (Å²) in [6, 6.07) is 4.22. The first-order valence-electron chi connectivity index (χ1n) is 6.47. The molecule has 5 nitrogen and oxygen atoms in total. The molecule has 0 saturated heterocycles. The highest BCUT2D eigenvalue weighted by Gasteiger charge is 2.18. The number of nitrogens with one attached hydrogen (secondary N) is 1. The van der Waals surface area contributed by atoms with Gasteiger partial charge in [0.05, 0.1) is 13.7 Å². The molecule has 1 N–H and O–H groups in total. The van der Waals surface area contributed by atoms with E-state index in [0.717, 1.165) is 0 Å². The van der Waals surface area contributed by atoms with Crippen LogP contribution in [-0.4, -0.2) is 39.1 Å². The number of halogens is 1. The molecule has 0 saturated carbocycles. The Balaban J connectivity index is 2.71. The summed E-state index contributed by atoms with van der Waals surface area (Å²) in [4.78, 5) is 12.0. The normalized spacial score (nSPS) is 10.7. The minimum Gasteiger partial charge on any atom is -0.496 e. The quantitative estimate of drug-likeness (QED) is 0.742. The van der Waals surface area contributed by atoms with Crippen molar-refractivity contribution in [2.24, 2.45) is 0 Å². The molecule has 0 aliphatic rings. The minimum atomic E-state index is -0.633. The van der Waals surface area contributed by atoms with Crippen molar-refractivity contribution in [3.8, 4) is 5.75 Å². The summed E-state index contributed by atoms with van der Waals surface area (Å²) in [7, 11) is 1.38. The van der Waals surface area contributed by atoms with E-state index in [1.807, 2.05) is 13.8 Å². The Morgan fingerprint density at radius 2 is 1.95 bits per heavy atom. The third-order valence-corrected chi connectivity index (χ3v) is 2.56. The van der Waals surface area contributed by atoms with Crippen molar-refractivity contribution in [2.45, 2.75) is 20.1 Å². The summed E-state index contributed by atoms with van der Waals surface area (Å²) in [6.45, 7) is 4.71. The van der Waals surface area contributed by atoms with E-state index in [1.165, 1.54) is 25.3 Å². The summed E-state index contributed by atoms with van der Waals surface area (Å²) in [5.74, 6) is -1.01. The van der Waals surface area contributed by atoms with Gasteiger partial charge in [-0.05, 0) is 26.0 Å². The van der Waals surface area contributed by atoms with Crippen LogP contribution in [0.25, 0.3) is 0 Å². The van der Waals surface area contributed by atoms with Gasteiger partial charge < -0.3 is 19.5 Å². The van der Waals surface area contributed by atoms with E-state index in [9.17, 15) is 9.18 Å². The standard InChI is InChI=1S/C14H20FNO4/c1-4-19-12(20-5-2)9-16-14(17)13-10(15)7-6-8-11(13)18-3/h6-8,12H,4-5,9H2,1-3H3,(H,16,17). The van der Waals surface area contributed by atoms with Crippen LogP contribution in [0.4, 0.5) is 4.39 Å². The van der Waals surface area contributed by atoms with Gasteiger partial charge in [-0.15, -0.1) is 0 Å². The van der Waals surface area contributed by atoms with E-state index >= 15 is 0 Å². The van der Waals surface area contributed by atoms with Crippen molar-refractivity contribution >= 4 is 5.91 Å². The molecule has 0 heterocycles. The Bertz CT molecular complexity index is 433. The zero-order valence-corrected chi connectivity index (χ0v) is 11.9. The third-order valence-electron chi connectivity index (χ3n) is 2.56. The van der Waals surface area contributed by atoms with Gasteiger partial charge in [0, 0.05) is 13.2 Å². The van der Waals surface area contributed by atoms with Gasteiger partial charge in [-0.3, -0.25) is 4.79 Å². The first-order valence-corrected chi connectivity index (χ1v) is 6.47. The van der Waals surface area contributed by atoms with E-state index in [1.54, 1.807) is 0 Å². The predicted molar refractivity (Wildman–Crippen MR) is 72.3 cm³/mol. The molecule has 0 radical (unpaired) electrons. The number of ether oxygens (including phenoxy) is 3. The Kier molecular flexibility index (Phi) is 6.97. The van der Waals surface area contributed by atoms with E-state index in [2.05, 4.69) is 5.32 Å². The number of hydrogen-bond donors (Lipinski definition) is 1. The second-order valence-corrected chi connectivity index (χ2v) is 3.87. The molecule has 112 valence electrons. The number of rotatable bonds is 8. The molecule has 0 fully saturated rings. The summed E-state index contributed by atoms with van der Waals surface area (Å²) in [5, 5.41) is 2.58. The topological polar surface area (TPSA) is 56.8 Å². The zero-order valence-electron chi connectivity index (χ0n) is 11.9. The van der Waals surface area contributed by atoms with Crippen LogP contribution in [0.5, 0.6) is 5.75 Å². The maximum Gasteiger partial charge on any atom is 0.258 e. The van der Waals surface area contributed by atoms with Crippen molar-refractivity contribution in [2.75, 3.05) is 26.9 Å². The number of carbonyl (C=O) groups is 1. The summed E-state index contributed by atoms with van der Waals surface area (Å²) in [6.07, 6.45) is -0.549. The van der Waals surface area contributed by atoms with Gasteiger partial charge in [-0.1, -0.05) is 6.07 Å². The van der Waals surface area contributed by atoms with Crippen LogP contribution in [0.15, 0.2) is 18.2 Å². The fourth-order valence-electron chi connectivity index (χ4n) is 1.70. The molecular weight excluding hydrogens is 265 g/mol. The number of benzene rings is 1. The largest absolute Gasteiger partial charge is 0.496 e. The Morgan fingerprint density at radius 1 is 1.30 bits per heavy atom. The monoisotopic (exact) mass is 285 g/mol. The smallest absolute Gasteiger partial charge is 0.258 e. The fraction of sp³-hybridized carbons (Fsp3) is 0.500. The lowest BCUT2D eigenvalue weighted by atomic mass is 10.1. The minimum absolute atomic E-state index is 0.123. The van der Waals surface area contributed by atoms with Crippen molar-refractivity contribution in [3.63, 3.8) is 0 Å². The number of carbonyl (C=O) groups excluding carboxylic acids is 1. The van der Waals surface area contributed by atoms with E-state index in [4.69, 9.17) is 14.2 Å². The van der Waals surface area contributed by atoms with Crippen LogP contribution in [0.2, 0.25) is 0 Å². The Hall–Kier alpha value is -1.66. The van der Waals surface area contributed by atoms with Crippen molar-refractivity contribution in [3.05, 3.63) is 29.6 Å². The van der Waals surface area contributed by atoms with Crippen LogP contribution < -0.4 is 10.1 Å². The average Bonchev–Trinajstić information content (AvgIpc) is 2.44. The molecular formula is C14H20FNO4. The summed E-state index contributed by atoms with van der Waals surface area (Å²) >= 11 is 0. The Morgan fingerprint density at radius 3 is 2.50 bits per heavy atom. The van der Waals surface area contributed by atoms with Gasteiger partial charge in [0.25, 0.3) is 5.91 Å². The molecule has 1 amide bonds. The Labute approximate surface area is 118 Å². The molecule has 0 atom stereocenters. The highest BCUT2D eigenvalue weighted by atomic mass is 19.1. The molecule has 0 aliphatic carbocycles. The van der Waals surface area contributed by atoms with Crippen molar-refractivity contribution in [1.29, 1.82) is 0 Å². The highest BCUT2D eigenvalue weighted by molar-refractivity contribution is 5.97. The summed E-state index contributed by atoms with van der Waals surface area (Å²) in [5.41, 5.74) is -0.123. The van der Waals surface area contributed by atoms with Gasteiger partial charge in [-0.25, -0.2) is 4.39 Å². The molecule has 0 aliphatic heterocycles. The fourth-order valence-corrected chi connectivity index (χ4v) is 1.70. The number of amides is 1.